The Morgan fingerprint density at radius 2 is 2.09 bits per heavy atom. The molecule has 2 aromatic rings. The van der Waals surface area contributed by atoms with Gasteiger partial charge >= 0.3 is 0 Å². The molecule has 1 heterocycles. The van der Waals surface area contributed by atoms with Crippen molar-refractivity contribution in [2.75, 3.05) is 5.32 Å². The molecule has 5 nitrogen and oxygen atoms in total. The Morgan fingerprint density at radius 1 is 1.35 bits per heavy atom. The third-order valence-corrected chi connectivity index (χ3v) is 3.62. The molecule has 0 amide bonds. The van der Waals surface area contributed by atoms with Crippen LogP contribution in [-0.2, 0) is 0 Å². The molecule has 0 aliphatic heterocycles. The number of H-pyrrole nitrogens is 1. The highest BCUT2D eigenvalue weighted by Crippen LogP contribution is 2.26. The molecule has 1 unspecified atom stereocenters. The monoisotopic (exact) mass is 313 g/mol. The fraction of sp³-hybridized carbons (Fsp3) is 0.176. The van der Waals surface area contributed by atoms with Crippen molar-refractivity contribution in [2.45, 2.75) is 19.3 Å². The van der Waals surface area contributed by atoms with Crippen LogP contribution in [0.5, 0.6) is 0 Å². The Kier molecular flexibility index (Phi) is 5.30. The molecule has 0 saturated carbocycles. The van der Waals surface area contributed by atoms with Crippen LogP contribution in [0, 0.1) is 16.6 Å². The molecule has 0 spiro atoms. The van der Waals surface area contributed by atoms with Crippen molar-refractivity contribution in [1.29, 1.82) is 10.8 Å². The minimum atomic E-state index is -0.347. The molecule has 0 aliphatic rings. The zero-order valence-corrected chi connectivity index (χ0v) is 12.9. The van der Waals surface area contributed by atoms with Crippen LogP contribution >= 0.6 is 0 Å². The molecule has 1 aromatic carbocycles. The van der Waals surface area contributed by atoms with Gasteiger partial charge in [-0.15, -0.1) is 0 Å². The molecule has 6 N–H and O–H groups in total. The Bertz CT molecular complexity index is 732. The fourth-order valence-corrected chi connectivity index (χ4v) is 2.39. The fourth-order valence-electron chi connectivity index (χ4n) is 2.39. The predicted octanol–water partition coefficient (Wildman–Crippen LogP) is 3.58. The molecular formula is C17H20FN5. The summed E-state index contributed by atoms with van der Waals surface area (Å²) >= 11 is 0. The topological polar surface area (TPSA) is 102 Å². The Labute approximate surface area is 134 Å². The average molecular weight is 313 g/mol. The van der Waals surface area contributed by atoms with Crippen molar-refractivity contribution in [3.63, 3.8) is 0 Å². The summed E-state index contributed by atoms with van der Waals surface area (Å²) < 4.78 is 13.6. The van der Waals surface area contributed by atoms with E-state index >= 15 is 0 Å². The third kappa shape index (κ3) is 3.85. The second kappa shape index (κ2) is 7.40. The molecular weight excluding hydrogens is 293 g/mol. The van der Waals surface area contributed by atoms with Gasteiger partial charge in [-0.2, -0.15) is 0 Å². The van der Waals surface area contributed by atoms with E-state index in [0.29, 0.717) is 17.0 Å². The van der Waals surface area contributed by atoms with Crippen LogP contribution in [0.3, 0.4) is 0 Å². The van der Waals surface area contributed by atoms with E-state index in [1.807, 2.05) is 13.0 Å². The number of anilines is 1. The smallest absolute Gasteiger partial charge is 0.146 e. The van der Waals surface area contributed by atoms with Crippen molar-refractivity contribution in [2.24, 2.45) is 5.73 Å². The van der Waals surface area contributed by atoms with Gasteiger partial charge in [0, 0.05) is 24.0 Å². The number of nitrogen functional groups attached to an aromatic ring is 1. The number of halogens is 1. The summed E-state index contributed by atoms with van der Waals surface area (Å²) in [6.45, 7) is 2.00. The quantitative estimate of drug-likeness (QED) is 0.398. The maximum absolute atomic E-state index is 13.6. The highest BCUT2D eigenvalue weighted by Gasteiger charge is 2.16. The van der Waals surface area contributed by atoms with Crippen LogP contribution in [0.4, 0.5) is 10.1 Å². The normalized spacial score (nSPS) is 12.7. The second-order valence-electron chi connectivity index (χ2n) is 5.11. The van der Waals surface area contributed by atoms with Gasteiger partial charge in [0.1, 0.15) is 11.7 Å². The standard InChI is InChI=1S/C17H20FN5/c1-2-12(14-7-8-16(23-14)17(20)21)11(9-19)10-22-15-6-4-3-5-13(15)18/h3-10,12,19,22-23H,2H2,1H3,(H3,20,21)/b11-10+,19-9?. The van der Waals surface area contributed by atoms with Crippen molar-refractivity contribution in [1.82, 2.24) is 4.98 Å². The maximum Gasteiger partial charge on any atom is 0.146 e. The second-order valence-corrected chi connectivity index (χ2v) is 5.11. The Morgan fingerprint density at radius 3 is 2.65 bits per heavy atom. The molecule has 1 aromatic heterocycles. The van der Waals surface area contributed by atoms with Gasteiger partial charge in [-0.1, -0.05) is 19.1 Å². The molecule has 0 fully saturated rings. The first-order valence-electron chi connectivity index (χ1n) is 7.31. The van der Waals surface area contributed by atoms with Gasteiger partial charge in [0.25, 0.3) is 0 Å². The Balaban J connectivity index is 2.25. The zero-order chi connectivity index (χ0) is 16.8. The van der Waals surface area contributed by atoms with Crippen molar-refractivity contribution < 1.29 is 4.39 Å². The van der Waals surface area contributed by atoms with Gasteiger partial charge in [-0.25, -0.2) is 4.39 Å². The Hall–Kier alpha value is -2.89. The van der Waals surface area contributed by atoms with E-state index < -0.39 is 0 Å². The number of aromatic nitrogens is 1. The largest absolute Gasteiger partial charge is 0.382 e. The summed E-state index contributed by atoms with van der Waals surface area (Å²) in [5, 5.41) is 18.0. The van der Waals surface area contributed by atoms with E-state index in [1.54, 1.807) is 30.5 Å². The lowest BCUT2D eigenvalue weighted by Gasteiger charge is -2.15. The van der Waals surface area contributed by atoms with Crippen LogP contribution in [0.1, 0.15) is 30.7 Å². The van der Waals surface area contributed by atoms with Crippen LogP contribution in [0.2, 0.25) is 0 Å². The number of allylic oxidation sites excluding steroid dienone is 1. The van der Waals surface area contributed by atoms with Gasteiger partial charge in [0.15, 0.2) is 0 Å². The van der Waals surface area contributed by atoms with Crippen LogP contribution < -0.4 is 11.1 Å². The number of hydrogen-bond acceptors (Lipinski definition) is 3. The number of para-hydroxylation sites is 1. The van der Waals surface area contributed by atoms with Gasteiger partial charge in [-0.3, -0.25) is 5.41 Å². The summed E-state index contributed by atoms with van der Waals surface area (Å²) in [6.07, 6.45) is 3.63. The number of amidine groups is 1. The van der Waals surface area contributed by atoms with E-state index in [1.165, 1.54) is 12.3 Å². The first-order valence-corrected chi connectivity index (χ1v) is 7.31. The van der Waals surface area contributed by atoms with E-state index in [2.05, 4.69) is 10.3 Å². The third-order valence-electron chi connectivity index (χ3n) is 3.62. The highest BCUT2D eigenvalue weighted by molar-refractivity contribution is 5.93. The number of rotatable bonds is 7. The minimum absolute atomic E-state index is 0.0315. The van der Waals surface area contributed by atoms with Gasteiger partial charge in [0.2, 0.25) is 0 Å². The van der Waals surface area contributed by atoms with Crippen molar-refractivity contribution in [3.05, 3.63) is 65.4 Å². The van der Waals surface area contributed by atoms with Crippen LogP contribution in [0.15, 0.2) is 48.2 Å². The lowest BCUT2D eigenvalue weighted by atomic mass is 9.94. The summed E-state index contributed by atoms with van der Waals surface area (Å²) in [4.78, 5) is 3.09. The first-order chi connectivity index (χ1) is 11.1. The van der Waals surface area contributed by atoms with Gasteiger partial charge in [0.05, 0.1) is 11.4 Å². The van der Waals surface area contributed by atoms with E-state index in [9.17, 15) is 4.39 Å². The van der Waals surface area contributed by atoms with E-state index in [-0.39, 0.29) is 17.6 Å². The molecule has 0 aliphatic carbocycles. The lowest BCUT2D eigenvalue weighted by Crippen LogP contribution is -2.12. The van der Waals surface area contributed by atoms with E-state index in [4.69, 9.17) is 16.6 Å². The lowest BCUT2D eigenvalue weighted by molar-refractivity contribution is 0.631. The summed E-state index contributed by atoms with van der Waals surface area (Å²) in [6, 6.07) is 9.97. The highest BCUT2D eigenvalue weighted by atomic mass is 19.1. The van der Waals surface area contributed by atoms with Crippen LogP contribution in [0.25, 0.3) is 0 Å². The van der Waals surface area contributed by atoms with E-state index in [0.717, 1.165) is 12.1 Å². The number of benzene rings is 1. The van der Waals surface area contributed by atoms with Gasteiger partial charge < -0.3 is 21.4 Å². The van der Waals surface area contributed by atoms with Crippen LogP contribution in [-0.4, -0.2) is 17.0 Å². The molecule has 23 heavy (non-hydrogen) atoms. The summed E-state index contributed by atoms with van der Waals surface area (Å²) in [5.41, 5.74) is 7.94. The summed E-state index contributed by atoms with van der Waals surface area (Å²) in [5.74, 6) is -0.448. The number of nitrogens with two attached hydrogens (primary N) is 1. The molecule has 2 rings (SSSR count). The SMILES string of the molecule is CCC(/C(C=N)=C/Nc1ccccc1F)c1ccc(C(=N)N)[nH]1. The predicted molar refractivity (Wildman–Crippen MR) is 91.7 cm³/mol. The minimum Gasteiger partial charge on any atom is -0.382 e. The summed E-state index contributed by atoms with van der Waals surface area (Å²) in [7, 11) is 0. The maximum atomic E-state index is 13.6. The first kappa shape index (κ1) is 16.5. The molecule has 1 atom stereocenters. The number of hydrogen-bond donors (Lipinski definition) is 5. The molecule has 6 heteroatoms. The van der Waals surface area contributed by atoms with Crippen molar-refractivity contribution in [3.8, 4) is 0 Å². The molecule has 0 bridgehead atoms. The zero-order valence-electron chi connectivity index (χ0n) is 12.9. The molecule has 120 valence electrons. The molecule has 0 radical (unpaired) electrons. The van der Waals surface area contributed by atoms with Gasteiger partial charge in [-0.05, 0) is 36.3 Å². The van der Waals surface area contributed by atoms with Crippen molar-refractivity contribution >= 4 is 17.7 Å². The number of aromatic amines is 1. The average Bonchev–Trinajstić information content (AvgIpc) is 3.02. The molecule has 0 saturated heterocycles. The number of nitrogens with one attached hydrogen (secondary N) is 4.